The molecule has 0 bridgehead atoms. The van der Waals surface area contributed by atoms with Crippen LogP contribution in [0.5, 0.6) is 0 Å². The Morgan fingerprint density at radius 3 is 1.92 bits per heavy atom. The minimum atomic E-state index is -0.705. The number of nitrogens with zero attached hydrogens (tertiary/aromatic N) is 1. The lowest BCUT2D eigenvalue weighted by atomic mass is 9.76. The number of hydrogen-bond acceptors (Lipinski definition) is 2. The summed E-state index contributed by atoms with van der Waals surface area (Å²) in [6, 6.07) is 21.5. The number of carbonyl (C=O) groups is 1. The number of piperidine rings is 1. The maximum Gasteiger partial charge on any atom is 0.304 e. The molecule has 1 saturated heterocycles. The molecule has 2 aromatic carbocycles. The van der Waals surface area contributed by atoms with Crippen molar-refractivity contribution in [2.75, 3.05) is 19.6 Å². The smallest absolute Gasteiger partial charge is 0.304 e. The number of benzene rings is 2. The van der Waals surface area contributed by atoms with Gasteiger partial charge in [-0.05, 0) is 43.0 Å². The van der Waals surface area contributed by atoms with E-state index in [9.17, 15) is 4.79 Å². The van der Waals surface area contributed by atoms with Crippen molar-refractivity contribution in [3.05, 3.63) is 71.8 Å². The molecule has 0 aromatic heterocycles. The fourth-order valence-electron chi connectivity index (χ4n) is 3.82. The maximum absolute atomic E-state index is 10.8. The molecule has 3 nitrogen and oxygen atoms in total. The van der Waals surface area contributed by atoms with E-state index in [-0.39, 0.29) is 6.42 Å². The van der Waals surface area contributed by atoms with Crippen LogP contribution in [0.15, 0.2) is 60.7 Å². The molecule has 1 aliphatic rings. The van der Waals surface area contributed by atoms with Gasteiger partial charge in [-0.1, -0.05) is 60.7 Å². The number of aliphatic carboxylic acids is 1. The zero-order chi connectivity index (χ0) is 16.8. The molecular weight excluding hydrogens is 298 g/mol. The van der Waals surface area contributed by atoms with Crippen LogP contribution in [0.1, 0.15) is 36.3 Å². The van der Waals surface area contributed by atoms with Crippen LogP contribution in [0.25, 0.3) is 0 Å². The van der Waals surface area contributed by atoms with Gasteiger partial charge >= 0.3 is 5.97 Å². The Hall–Kier alpha value is -2.13. The average Bonchev–Trinajstić information content (AvgIpc) is 2.63. The van der Waals surface area contributed by atoms with Gasteiger partial charge < -0.3 is 10.0 Å². The van der Waals surface area contributed by atoms with E-state index in [1.807, 2.05) is 0 Å². The number of carboxylic acid groups (broad SMARTS) is 1. The monoisotopic (exact) mass is 323 g/mol. The number of rotatable bonds is 6. The normalized spacial score (nSPS) is 16.4. The summed E-state index contributed by atoms with van der Waals surface area (Å²) in [5.74, 6) is 0.327. The van der Waals surface area contributed by atoms with Gasteiger partial charge in [0.05, 0.1) is 6.42 Å². The topological polar surface area (TPSA) is 40.5 Å². The van der Waals surface area contributed by atoms with E-state index >= 15 is 0 Å². The molecular formula is C21H25NO2. The Labute approximate surface area is 143 Å². The van der Waals surface area contributed by atoms with E-state index in [4.69, 9.17) is 5.11 Å². The summed E-state index contributed by atoms with van der Waals surface area (Å²) in [7, 11) is 0. The molecule has 126 valence electrons. The minimum absolute atomic E-state index is 0.242. The maximum atomic E-state index is 10.8. The van der Waals surface area contributed by atoms with Crippen molar-refractivity contribution in [3.63, 3.8) is 0 Å². The van der Waals surface area contributed by atoms with Gasteiger partial charge in [0, 0.05) is 12.5 Å². The largest absolute Gasteiger partial charge is 0.481 e. The van der Waals surface area contributed by atoms with E-state index in [1.54, 1.807) is 0 Å². The van der Waals surface area contributed by atoms with Crippen LogP contribution in [-0.2, 0) is 4.79 Å². The summed E-state index contributed by atoms with van der Waals surface area (Å²) < 4.78 is 0. The van der Waals surface area contributed by atoms with Gasteiger partial charge in [0.25, 0.3) is 0 Å². The zero-order valence-electron chi connectivity index (χ0n) is 14.0. The lowest BCUT2D eigenvalue weighted by Gasteiger charge is -2.36. The highest BCUT2D eigenvalue weighted by Crippen LogP contribution is 2.37. The Bertz CT molecular complexity index is 594. The first-order valence-electron chi connectivity index (χ1n) is 8.78. The summed E-state index contributed by atoms with van der Waals surface area (Å²) in [5.41, 5.74) is 2.76. The number of likely N-dealkylation sites (tertiary alicyclic amines) is 1. The zero-order valence-corrected chi connectivity index (χ0v) is 14.0. The molecule has 24 heavy (non-hydrogen) atoms. The van der Waals surface area contributed by atoms with E-state index < -0.39 is 5.97 Å². The third-order valence-electron chi connectivity index (χ3n) is 5.06. The van der Waals surface area contributed by atoms with E-state index in [2.05, 4.69) is 65.6 Å². The highest BCUT2D eigenvalue weighted by molar-refractivity contribution is 5.66. The molecule has 1 fully saturated rings. The second kappa shape index (κ2) is 8.11. The first-order valence-corrected chi connectivity index (χ1v) is 8.78. The molecule has 1 aliphatic heterocycles. The number of carboxylic acids is 1. The van der Waals surface area contributed by atoms with Crippen LogP contribution < -0.4 is 0 Å². The Morgan fingerprint density at radius 2 is 1.46 bits per heavy atom. The highest BCUT2D eigenvalue weighted by atomic mass is 16.4. The van der Waals surface area contributed by atoms with Gasteiger partial charge in [-0.3, -0.25) is 4.79 Å². The van der Waals surface area contributed by atoms with E-state index in [0.717, 1.165) is 25.9 Å². The predicted octanol–water partition coefficient (Wildman–Crippen LogP) is 4.01. The second-order valence-corrected chi connectivity index (χ2v) is 6.62. The van der Waals surface area contributed by atoms with Crippen LogP contribution in [0.3, 0.4) is 0 Å². The predicted molar refractivity (Wildman–Crippen MR) is 96.1 cm³/mol. The molecule has 3 heteroatoms. The van der Waals surface area contributed by atoms with Crippen LogP contribution in [-0.4, -0.2) is 35.6 Å². The Balaban J connectivity index is 1.73. The summed E-state index contributed by atoms with van der Waals surface area (Å²) in [4.78, 5) is 13.0. The van der Waals surface area contributed by atoms with Crippen molar-refractivity contribution in [2.24, 2.45) is 5.92 Å². The summed E-state index contributed by atoms with van der Waals surface area (Å²) in [6.45, 7) is 2.66. The van der Waals surface area contributed by atoms with Gasteiger partial charge in [0.15, 0.2) is 0 Å². The third kappa shape index (κ3) is 4.24. The van der Waals surface area contributed by atoms with Crippen molar-refractivity contribution in [1.82, 2.24) is 4.90 Å². The lowest BCUT2D eigenvalue weighted by molar-refractivity contribution is -0.137. The molecule has 3 rings (SSSR count). The van der Waals surface area contributed by atoms with Gasteiger partial charge in [0.2, 0.25) is 0 Å². The van der Waals surface area contributed by atoms with Crippen molar-refractivity contribution in [3.8, 4) is 0 Å². The average molecular weight is 323 g/mol. The molecule has 1 heterocycles. The number of hydrogen-bond donors (Lipinski definition) is 1. The van der Waals surface area contributed by atoms with E-state index in [0.29, 0.717) is 18.4 Å². The highest BCUT2D eigenvalue weighted by Gasteiger charge is 2.28. The summed E-state index contributed by atoms with van der Waals surface area (Å²) >= 11 is 0. The van der Waals surface area contributed by atoms with Crippen molar-refractivity contribution in [1.29, 1.82) is 0 Å². The van der Waals surface area contributed by atoms with Crippen LogP contribution in [0.2, 0.25) is 0 Å². The summed E-state index contributed by atoms with van der Waals surface area (Å²) in [5, 5.41) is 8.86. The van der Waals surface area contributed by atoms with Crippen LogP contribution in [0.4, 0.5) is 0 Å². The fraction of sp³-hybridized carbons (Fsp3) is 0.381. The Kier molecular flexibility index (Phi) is 5.65. The molecule has 1 N–H and O–H groups in total. The SMILES string of the molecule is O=C(O)CCN1CCC(C(c2ccccc2)c2ccccc2)CC1. The van der Waals surface area contributed by atoms with Crippen molar-refractivity contribution in [2.45, 2.75) is 25.2 Å². The van der Waals surface area contributed by atoms with Crippen molar-refractivity contribution < 1.29 is 9.90 Å². The third-order valence-corrected chi connectivity index (χ3v) is 5.06. The van der Waals surface area contributed by atoms with Crippen molar-refractivity contribution >= 4 is 5.97 Å². The van der Waals surface area contributed by atoms with Crippen LogP contribution >= 0.6 is 0 Å². The molecule has 2 aromatic rings. The standard InChI is InChI=1S/C21H25NO2/c23-20(24)13-16-22-14-11-19(12-15-22)21(17-7-3-1-4-8-17)18-9-5-2-6-10-18/h1-10,19,21H,11-16H2,(H,23,24). The van der Waals surface area contributed by atoms with Crippen LogP contribution in [0, 0.1) is 5.92 Å². The van der Waals surface area contributed by atoms with Gasteiger partial charge in [-0.15, -0.1) is 0 Å². The van der Waals surface area contributed by atoms with Gasteiger partial charge in [0.1, 0.15) is 0 Å². The van der Waals surface area contributed by atoms with Gasteiger partial charge in [-0.25, -0.2) is 0 Å². The first kappa shape index (κ1) is 16.7. The quantitative estimate of drug-likeness (QED) is 0.873. The fourth-order valence-corrected chi connectivity index (χ4v) is 3.82. The Morgan fingerprint density at radius 1 is 0.958 bits per heavy atom. The molecule has 0 spiro atoms. The minimum Gasteiger partial charge on any atom is -0.481 e. The summed E-state index contributed by atoms with van der Waals surface area (Å²) in [6.07, 6.45) is 2.48. The lowest BCUT2D eigenvalue weighted by Crippen LogP contribution is -2.37. The van der Waals surface area contributed by atoms with E-state index in [1.165, 1.54) is 11.1 Å². The van der Waals surface area contributed by atoms with Gasteiger partial charge in [-0.2, -0.15) is 0 Å². The first-order chi connectivity index (χ1) is 11.7. The molecule has 0 saturated carbocycles. The molecule has 0 atom stereocenters. The molecule has 0 radical (unpaired) electrons. The molecule has 0 unspecified atom stereocenters. The second-order valence-electron chi connectivity index (χ2n) is 6.62. The molecule has 0 aliphatic carbocycles. The molecule has 0 amide bonds.